The summed E-state index contributed by atoms with van der Waals surface area (Å²) in [5.41, 5.74) is 0.563. The zero-order valence-electron chi connectivity index (χ0n) is 28.6. The van der Waals surface area contributed by atoms with Crippen molar-refractivity contribution in [2.24, 2.45) is 5.92 Å². The van der Waals surface area contributed by atoms with Crippen molar-refractivity contribution in [2.75, 3.05) is 40.3 Å². The predicted molar refractivity (Wildman–Crippen MR) is 186 cm³/mol. The Balaban J connectivity index is 1.22. The van der Waals surface area contributed by atoms with Crippen molar-refractivity contribution in [3.8, 4) is 40.1 Å². The van der Waals surface area contributed by atoms with Gasteiger partial charge in [-0.1, -0.05) is 18.5 Å². The van der Waals surface area contributed by atoms with E-state index in [0.29, 0.717) is 46.3 Å². The Morgan fingerprint density at radius 2 is 1.61 bits per heavy atom. The van der Waals surface area contributed by atoms with Gasteiger partial charge in [-0.05, 0) is 54.4 Å². The number of halogens is 1. The SMILES string of the molecule is COc1ccc(-c2oc3c(c2CC(=O)NCCC2C(=O)Nc4ccc(OC)cc42)C(=O)[C@@]2(Oc4c(Cl)c(OC)cc(OC)c4C2=O)[C@H](C)C3)cc1. The first-order valence-corrected chi connectivity index (χ1v) is 16.7. The van der Waals surface area contributed by atoms with E-state index in [-0.39, 0.29) is 58.7 Å². The first-order valence-electron chi connectivity index (χ1n) is 16.3. The molecule has 1 aliphatic carbocycles. The van der Waals surface area contributed by atoms with Crippen LogP contribution in [-0.2, 0) is 22.4 Å². The van der Waals surface area contributed by atoms with Gasteiger partial charge < -0.3 is 38.7 Å². The molecule has 12 nitrogen and oxygen atoms in total. The maximum Gasteiger partial charge on any atom is 0.237 e. The van der Waals surface area contributed by atoms with E-state index in [1.54, 1.807) is 57.5 Å². The maximum atomic E-state index is 14.8. The Kier molecular flexibility index (Phi) is 8.66. The summed E-state index contributed by atoms with van der Waals surface area (Å²) >= 11 is 6.62. The van der Waals surface area contributed by atoms with Gasteiger partial charge in [-0.15, -0.1) is 0 Å². The fourth-order valence-electron chi connectivity index (χ4n) is 7.27. The summed E-state index contributed by atoms with van der Waals surface area (Å²) in [4.78, 5) is 55.6. The molecule has 4 aromatic rings. The summed E-state index contributed by atoms with van der Waals surface area (Å²) < 4.78 is 34.2. The minimum Gasteiger partial charge on any atom is -0.497 e. The monoisotopic (exact) mass is 714 g/mol. The van der Waals surface area contributed by atoms with Crippen LogP contribution in [0.1, 0.15) is 56.9 Å². The molecule has 0 fully saturated rings. The van der Waals surface area contributed by atoms with E-state index in [0.717, 1.165) is 5.56 Å². The van der Waals surface area contributed by atoms with Crippen LogP contribution in [0.25, 0.3) is 11.3 Å². The van der Waals surface area contributed by atoms with Crippen molar-refractivity contribution < 1.29 is 47.3 Å². The van der Waals surface area contributed by atoms with Gasteiger partial charge in [-0.3, -0.25) is 19.2 Å². The highest BCUT2D eigenvalue weighted by Crippen LogP contribution is 2.54. The van der Waals surface area contributed by atoms with Crippen molar-refractivity contribution in [1.82, 2.24) is 5.32 Å². The number of fused-ring (bicyclic) bond motifs is 3. The minimum absolute atomic E-state index is 0.00479. The third-order valence-electron chi connectivity index (χ3n) is 9.90. The Hall–Kier alpha value is -5.49. The fourth-order valence-corrected chi connectivity index (χ4v) is 7.54. The highest BCUT2D eigenvalue weighted by molar-refractivity contribution is 6.36. The second kappa shape index (κ2) is 13.0. The minimum atomic E-state index is -1.99. The molecule has 13 heteroatoms. The number of methoxy groups -OCH3 is 4. The van der Waals surface area contributed by atoms with E-state index in [9.17, 15) is 19.2 Å². The normalized spacial score (nSPS) is 19.9. The molecule has 1 spiro atoms. The van der Waals surface area contributed by atoms with Gasteiger partial charge in [0.2, 0.25) is 29.0 Å². The van der Waals surface area contributed by atoms with Gasteiger partial charge in [-0.2, -0.15) is 0 Å². The molecule has 2 aliphatic heterocycles. The van der Waals surface area contributed by atoms with Gasteiger partial charge in [0, 0.05) is 41.8 Å². The average molecular weight is 715 g/mol. The number of ketones is 2. The number of carbonyl (C=O) groups is 4. The first kappa shape index (κ1) is 34.0. The number of Topliss-reactive ketones (excluding diaryl/α,β-unsaturated/α-hetero) is 2. The molecule has 3 aliphatic rings. The van der Waals surface area contributed by atoms with Crippen LogP contribution < -0.4 is 34.3 Å². The number of ether oxygens (including phenoxy) is 5. The van der Waals surface area contributed by atoms with Gasteiger partial charge in [-0.25, -0.2) is 0 Å². The summed E-state index contributed by atoms with van der Waals surface area (Å²) in [6, 6.07) is 13.9. The molecule has 51 heavy (non-hydrogen) atoms. The zero-order chi connectivity index (χ0) is 36.2. The molecular weight excluding hydrogens is 680 g/mol. The quantitative estimate of drug-likeness (QED) is 0.193. The number of carbonyl (C=O) groups excluding carboxylic acids is 4. The molecule has 0 saturated heterocycles. The third-order valence-corrected chi connectivity index (χ3v) is 10.3. The molecule has 1 aromatic heterocycles. The summed E-state index contributed by atoms with van der Waals surface area (Å²) in [7, 11) is 5.92. The Morgan fingerprint density at radius 1 is 0.922 bits per heavy atom. The van der Waals surface area contributed by atoms with Crippen molar-refractivity contribution in [3.05, 3.63) is 81.6 Å². The second-order valence-electron chi connectivity index (χ2n) is 12.6. The van der Waals surface area contributed by atoms with E-state index < -0.39 is 34.9 Å². The molecular formula is C38H35ClN2O10. The summed E-state index contributed by atoms with van der Waals surface area (Å²) in [5.74, 6) is -0.735. The molecule has 3 atom stereocenters. The number of nitrogens with one attached hydrogen (secondary N) is 2. The van der Waals surface area contributed by atoms with E-state index in [2.05, 4.69) is 10.6 Å². The summed E-state index contributed by atoms with van der Waals surface area (Å²) in [6.45, 7) is 1.91. The summed E-state index contributed by atoms with van der Waals surface area (Å²) in [5, 5.41) is 5.81. The van der Waals surface area contributed by atoms with Crippen LogP contribution in [0, 0.1) is 5.92 Å². The van der Waals surface area contributed by atoms with Crippen molar-refractivity contribution in [2.45, 2.75) is 37.7 Å². The van der Waals surface area contributed by atoms with Gasteiger partial charge in [0.15, 0.2) is 5.75 Å². The molecule has 264 valence electrons. The van der Waals surface area contributed by atoms with E-state index in [1.807, 2.05) is 6.07 Å². The van der Waals surface area contributed by atoms with Crippen molar-refractivity contribution in [3.63, 3.8) is 0 Å². The number of amides is 2. The summed E-state index contributed by atoms with van der Waals surface area (Å²) in [6.07, 6.45) is 0.234. The van der Waals surface area contributed by atoms with E-state index in [1.165, 1.54) is 20.3 Å². The molecule has 1 unspecified atom stereocenters. The molecule has 3 heterocycles. The standard InChI is InChI=1S/C38H35ClN2O10/c1-18-14-27-30(35(43)38(18)36(44)31-26(48-4)17-28(49-5)32(39)34(31)51-38)24(33(50-27)19-6-8-20(46-2)9-7-19)16-29(42)40-13-12-22-23-15-21(47-3)10-11-25(23)41-37(22)45/h6-11,15,17-18,22H,12-14,16H2,1-5H3,(H,40,42)(H,41,45)/t18-,22?,38+/m1/s1. The molecule has 7 rings (SSSR count). The predicted octanol–water partition coefficient (Wildman–Crippen LogP) is 5.81. The van der Waals surface area contributed by atoms with Crippen LogP contribution in [0.5, 0.6) is 28.7 Å². The Labute approximate surface area is 298 Å². The van der Waals surface area contributed by atoms with E-state index >= 15 is 0 Å². The van der Waals surface area contributed by atoms with Crippen LogP contribution in [0.3, 0.4) is 0 Å². The average Bonchev–Trinajstić information content (AvgIpc) is 3.76. The lowest BCUT2D eigenvalue weighted by Crippen LogP contribution is -2.56. The van der Waals surface area contributed by atoms with Gasteiger partial charge in [0.05, 0.1) is 46.3 Å². The molecule has 0 bridgehead atoms. The van der Waals surface area contributed by atoms with E-state index in [4.69, 9.17) is 39.7 Å². The molecule has 3 aromatic carbocycles. The lowest BCUT2D eigenvalue weighted by molar-refractivity contribution is -0.121. The van der Waals surface area contributed by atoms with Gasteiger partial charge in [0.25, 0.3) is 0 Å². The van der Waals surface area contributed by atoms with Crippen LogP contribution in [0.15, 0.2) is 52.9 Å². The number of furan rings is 1. The molecule has 2 N–H and O–H groups in total. The van der Waals surface area contributed by atoms with Gasteiger partial charge in [0.1, 0.15) is 45.1 Å². The topological polar surface area (TPSA) is 152 Å². The van der Waals surface area contributed by atoms with Crippen LogP contribution in [0.4, 0.5) is 5.69 Å². The smallest absolute Gasteiger partial charge is 0.237 e. The van der Waals surface area contributed by atoms with Crippen LogP contribution in [-0.4, -0.2) is 64.0 Å². The number of hydrogen-bond donors (Lipinski definition) is 2. The molecule has 2 amide bonds. The highest BCUT2D eigenvalue weighted by atomic mass is 35.5. The number of hydrogen-bond acceptors (Lipinski definition) is 10. The maximum absolute atomic E-state index is 14.8. The zero-order valence-corrected chi connectivity index (χ0v) is 29.3. The third kappa shape index (κ3) is 5.36. The molecule has 0 radical (unpaired) electrons. The first-order chi connectivity index (χ1) is 24.6. The van der Waals surface area contributed by atoms with Crippen LogP contribution >= 0.6 is 11.6 Å². The van der Waals surface area contributed by atoms with Crippen molar-refractivity contribution in [1.29, 1.82) is 0 Å². The highest BCUT2D eigenvalue weighted by Gasteiger charge is 2.63. The molecule has 0 saturated carbocycles. The van der Waals surface area contributed by atoms with Gasteiger partial charge >= 0.3 is 0 Å². The lowest BCUT2D eigenvalue weighted by Gasteiger charge is -2.35. The Bertz CT molecular complexity index is 2110. The number of benzene rings is 3. The Morgan fingerprint density at radius 3 is 2.29 bits per heavy atom. The van der Waals surface area contributed by atoms with Crippen molar-refractivity contribution >= 4 is 40.7 Å². The second-order valence-corrected chi connectivity index (χ2v) is 13.0. The number of rotatable bonds is 10. The van der Waals surface area contributed by atoms with Crippen LogP contribution in [0.2, 0.25) is 5.02 Å². The lowest BCUT2D eigenvalue weighted by atomic mass is 9.70. The fraction of sp³-hybridized carbons (Fsp3) is 0.316. The number of anilines is 1. The largest absolute Gasteiger partial charge is 0.497 e.